The summed E-state index contributed by atoms with van der Waals surface area (Å²) in [6.07, 6.45) is 0. The van der Waals surface area contributed by atoms with Crippen LogP contribution in [0.3, 0.4) is 0 Å². The summed E-state index contributed by atoms with van der Waals surface area (Å²) in [5.41, 5.74) is 23.2. The van der Waals surface area contributed by atoms with E-state index in [1.165, 1.54) is 71.9 Å². The van der Waals surface area contributed by atoms with Crippen molar-refractivity contribution in [2.45, 2.75) is 105 Å². The van der Waals surface area contributed by atoms with E-state index in [0.717, 1.165) is 61.8 Å². The van der Waals surface area contributed by atoms with E-state index < -0.39 is 0 Å². The molecule has 5 heteroatoms. The average molecular weight is 1030 g/mol. The van der Waals surface area contributed by atoms with Crippen molar-refractivity contribution in [1.29, 1.82) is 0 Å². The summed E-state index contributed by atoms with van der Waals surface area (Å²) in [7, 11) is 0. The second-order valence-electron chi connectivity index (χ2n) is 26.3. The maximum absolute atomic E-state index is 6.83. The lowest BCUT2D eigenvalue weighted by atomic mass is 9.43. The second kappa shape index (κ2) is 18.1. The molecule has 11 aromatic rings. The predicted octanol–water partition coefficient (Wildman–Crippen LogP) is 19.8. The number of anilines is 8. The van der Waals surface area contributed by atoms with E-state index in [1.54, 1.807) is 0 Å². The van der Waals surface area contributed by atoms with Crippen LogP contribution >= 0.6 is 0 Å². The number of para-hydroxylation sites is 1. The molecule has 390 valence electrons. The Labute approximate surface area is 468 Å². The number of nitrogens with zero attached hydrogens (tertiary/aromatic N) is 3. The lowest BCUT2D eigenvalue weighted by molar-refractivity contribution is 0.590. The van der Waals surface area contributed by atoms with E-state index in [0.29, 0.717) is 0 Å². The Morgan fingerprint density at radius 2 is 0.911 bits per heavy atom. The van der Waals surface area contributed by atoms with Gasteiger partial charge in [-0.3, -0.25) is 0 Å². The van der Waals surface area contributed by atoms with Crippen LogP contribution in [-0.2, 0) is 21.7 Å². The van der Waals surface area contributed by atoms with Gasteiger partial charge in [0, 0.05) is 67.5 Å². The van der Waals surface area contributed by atoms with Crippen molar-refractivity contribution in [3.05, 3.63) is 229 Å². The van der Waals surface area contributed by atoms with Gasteiger partial charge in [0.1, 0.15) is 11.2 Å². The minimum atomic E-state index is -0.266. The first kappa shape index (κ1) is 50.2. The standard InChI is InChI=1S/C74H70BN3O/c1-71(2,3)49-26-33-53(34-27-49)76(54-35-28-50(29-36-54)72(4,5)6)56-39-41-65-63(44-56)75-69-62(60-45-61-58-24-18-19-25-67(58)79-68(61)46-66(60)78(75)55-37-30-51(31-38-55)73(7,8)9)42-48-22-16-17-23-57(48)70(69)77(65)64-40-32-52(74(10,11)12)43-59(64)47-20-14-13-15-21-47/h13-46H,1-12H3. The van der Waals surface area contributed by atoms with Crippen LogP contribution in [-0.4, -0.2) is 6.85 Å². The van der Waals surface area contributed by atoms with Gasteiger partial charge < -0.3 is 19.0 Å². The molecule has 0 saturated heterocycles. The third-order valence-corrected chi connectivity index (χ3v) is 16.8. The van der Waals surface area contributed by atoms with E-state index in [1.807, 2.05) is 0 Å². The highest BCUT2D eigenvalue weighted by molar-refractivity contribution is 6.94. The molecule has 4 nitrogen and oxygen atoms in total. The third-order valence-electron chi connectivity index (χ3n) is 16.8. The minimum Gasteiger partial charge on any atom is -0.456 e. The molecule has 0 fully saturated rings. The van der Waals surface area contributed by atoms with Gasteiger partial charge >= 0.3 is 6.85 Å². The summed E-state index contributed by atoms with van der Waals surface area (Å²) in [6, 6.07) is 78.1. The molecular weight excluding hydrogens is 958 g/mol. The number of hydrogen-bond acceptors (Lipinski definition) is 4. The largest absolute Gasteiger partial charge is 0.456 e. The molecule has 0 N–H and O–H groups in total. The zero-order valence-corrected chi connectivity index (χ0v) is 48.0. The van der Waals surface area contributed by atoms with Gasteiger partial charge in [-0.15, -0.1) is 0 Å². The van der Waals surface area contributed by atoms with Crippen LogP contribution in [0.25, 0.3) is 55.0 Å². The number of fused-ring (bicyclic) bond motifs is 9. The number of benzene rings is 10. The lowest BCUT2D eigenvalue weighted by Crippen LogP contribution is -2.61. The average Bonchev–Trinajstić information content (AvgIpc) is 3.97. The Bertz CT molecular complexity index is 4110. The first-order valence-electron chi connectivity index (χ1n) is 28.3. The van der Waals surface area contributed by atoms with E-state index in [9.17, 15) is 0 Å². The highest BCUT2D eigenvalue weighted by Crippen LogP contribution is 2.53. The number of furan rings is 1. The molecule has 0 bridgehead atoms. The highest BCUT2D eigenvalue weighted by atomic mass is 16.3. The molecule has 10 aromatic carbocycles. The fraction of sp³-hybridized carbons (Fsp3) is 0.216. The van der Waals surface area contributed by atoms with Crippen LogP contribution in [0.1, 0.15) is 105 Å². The molecular formula is C74H70BN3O. The summed E-state index contributed by atoms with van der Waals surface area (Å²) in [6.45, 7) is 27.3. The van der Waals surface area contributed by atoms with Crippen LogP contribution in [0.2, 0.25) is 0 Å². The molecule has 0 radical (unpaired) electrons. The molecule has 13 rings (SSSR count). The van der Waals surface area contributed by atoms with Crippen LogP contribution < -0.4 is 25.5 Å². The second-order valence-corrected chi connectivity index (χ2v) is 26.3. The molecule has 0 aliphatic carbocycles. The quantitative estimate of drug-likeness (QED) is 0.155. The van der Waals surface area contributed by atoms with Gasteiger partial charge in [0.05, 0.1) is 11.4 Å². The van der Waals surface area contributed by atoms with E-state index in [-0.39, 0.29) is 28.5 Å². The summed E-state index contributed by atoms with van der Waals surface area (Å²) in [5.74, 6) is 0. The van der Waals surface area contributed by atoms with Crippen molar-refractivity contribution in [3.63, 3.8) is 0 Å². The van der Waals surface area contributed by atoms with Gasteiger partial charge in [0.25, 0.3) is 0 Å². The van der Waals surface area contributed by atoms with Gasteiger partial charge in [-0.1, -0.05) is 198 Å². The van der Waals surface area contributed by atoms with Crippen molar-refractivity contribution in [2.75, 3.05) is 14.6 Å². The van der Waals surface area contributed by atoms with Crippen molar-refractivity contribution < 1.29 is 4.42 Å². The maximum atomic E-state index is 6.83. The molecule has 79 heavy (non-hydrogen) atoms. The Balaban J connectivity index is 1.17. The molecule has 0 unspecified atom stereocenters. The summed E-state index contributed by atoms with van der Waals surface area (Å²) in [5, 5.41) is 4.64. The topological polar surface area (TPSA) is 22.9 Å². The third kappa shape index (κ3) is 8.52. The molecule has 0 atom stereocenters. The molecule has 0 saturated carbocycles. The Morgan fingerprint density at radius 1 is 0.380 bits per heavy atom. The van der Waals surface area contributed by atoms with Gasteiger partial charge in [0.2, 0.25) is 0 Å². The van der Waals surface area contributed by atoms with Gasteiger partial charge in [-0.05, 0) is 156 Å². The monoisotopic (exact) mass is 1030 g/mol. The molecule has 2 aliphatic rings. The van der Waals surface area contributed by atoms with Gasteiger partial charge in [0.15, 0.2) is 0 Å². The van der Waals surface area contributed by atoms with E-state index in [2.05, 4.69) is 304 Å². The molecule has 3 heterocycles. The molecule has 2 aliphatic heterocycles. The van der Waals surface area contributed by atoms with Crippen LogP contribution in [0, 0.1) is 0 Å². The first-order valence-corrected chi connectivity index (χ1v) is 28.3. The summed E-state index contributed by atoms with van der Waals surface area (Å²) in [4.78, 5) is 7.73. The van der Waals surface area contributed by atoms with Crippen LogP contribution in [0.4, 0.5) is 45.5 Å². The normalized spacial score (nSPS) is 13.5. The van der Waals surface area contributed by atoms with Gasteiger partial charge in [-0.25, -0.2) is 0 Å². The van der Waals surface area contributed by atoms with E-state index in [4.69, 9.17) is 4.42 Å². The zero-order valence-electron chi connectivity index (χ0n) is 48.0. The Kier molecular flexibility index (Phi) is 11.5. The van der Waals surface area contributed by atoms with Crippen molar-refractivity contribution in [1.82, 2.24) is 0 Å². The summed E-state index contributed by atoms with van der Waals surface area (Å²) < 4.78 is 6.83. The molecule has 1 aromatic heterocycles. The first-order chi connectivity index (χ1) is 37.7. The minimum absolute atomic E-state index is 0.00567. The van der Waals surface area contributed by atoms with Crippen molar-refractivity contribution in [2.24, 2.45) is 0 Å². The van der Waals surface area contributed by atoms with E-state index >= 15 is 0 Å². The molecule has 0 amide bonds. The summed E-state index contributed by atoms with van der Waals surface area (Å²) >= 11 is 0. The predicted molar refractivity (Wildman–Crippen MR) is 340 cm³/mol. The SMILES string of the molecule is CC(C)(C)c1ccc(N2B3c4cc(N(c5ccc(C(C)(C)C)cc5)c5ccc(C(C)(C)C)cc5)ccc4N(c4ccc(C(C)(C)C)cc4-c4ccccc4)c4c3c(cc3ccccc43)-c3cc4c(cc32)oc2ccccc24)cc1. The molecule has 0 spiro atoms. The zero-order chi connectivity index (χ0) is 54.9. The van der Waals surface area contributed by atoms with Crippen molar-refractivity contribution in [3.8, 4) is 22.3 Å². The highest BCUT2D eigenvalue weighted by Gasteiger charge is 2.47. The van der Waals surface area contributed by atoms with Crippen LogP contribution in [0.15, 0.2) is 211 Å². The van der Waals surface area contributed by atoms with Crippen molar-refractivity contribution >= 4 is 96.0 Å². The smallest absolute Gasteiger partial charge is 0.333 e. The lowest BCUT2D eigenvalue weighted by Gasteiger charge is -2.47. The Hall–Kier alpha value is -8.28. The maximum Gasteiger partial charge on any atom is 0.333 e. The fourth-order valence-corrected chi connectivity index (χ4v) is 12.4. The number of hydrogen-bond donors (Lipinski definition) is 0. The van der Waals surface area contributed by atoms with Gasteiger partial charge in [-0.2, -0.15) is 0 Å². The fourth-order valence-electron chi connectivity index (χ4n) is 12.4. The number of rotatable bonds is 6. The van der Waals surface area contributed by atoms with Crippen LogP contribution in [0.5, 0.6) is 0 Å². The Morgan fingerprint density at radius 3 is 1.53 bits per heavy atom.